The SMILES string of the molecule is COC(=O)C1=C(C)NC(C)=C(C(=O)OCC=Cc2ccc(Cn3ccnc3)cc2)C1c1cnc2ccccc2n1. The van der Waals surface area contributed by atoms with Crippen molar-refractivity contribution in [2.45, 2.75) is 26.3 Å². The van der Waals surface area contributed by atoms with E-state index in [1.807, 2.05) is 65.4 Å². The third kappa shape index (κ3) is 5.68. The summed E-state index contributed by atoms with van der Waals surface area (Å²) in [6.07, 6.45) is 10.7. The van der Waals surface area contributed by atoms with Crippen molar-refractivity contribution in [3.8, 4) is 0 Å². The Morgan fingerprint density at radius 2 is 1.73 bits per heavy atom. The molecule has 4 aromatic rings. The number of aromatic nitrogens is 4. The Hall–Kier alpha value is -5.05. The molecule has 1 N–H and O–H groups in total. The van der Waals surface area contributed by atoms with Gasteiger partial charge in [0.2, 0.25) is 0 Å². The molecule has 1 aliphatic heterocycles. The van der Waals surface area contributed by atoms with E-state index in [9.17, 15) is 9.59 Å². The first-order valence-corrected chi connectivity index (χ1v) is 12.8. The third-order valence-electron chi connectivity index (χ3n) is 6.67. The average Bonchev–Trinajstić information content (AvgIpc) is 3.48. The highest BCUT2D eigenvalue weighted by atomic mass is 16.5. The van der Waals surface area contributed by atoms with E-state index in [-0.39, 0.29) is 17.8 Å². The molecule has 0 fully saturated rings. The van der Waals surface area contributed by atoms with Gasteiger partial charge in [-0.3, -0.25) is 4.98 Å². The highest BCUT2D eigenvalue weighted by Crippen LogP contribution is 2.38. The molecular weight excluding hydrogens is 506 g/mol. The third-order valence-corrected chi connectivity index (χ3v) is 6.67. The van der Waals surface area contributed by atoms with E-state index in [1.54, 1.807) is 38.6 Å². The number of ether oxygens (including phenoxy) is 2. The molecule has 5 rings (SSSR count). The zero-order chi connectivity index (χ0) is 28.1. The molecule has 0 aliphatic carbocycles. The predicted molar refractivity (Wildman–Crippen MR) is 151 cm³/mol. The van der Waals surface area contributed by atoms with Crippen LogP contribution in [0.2, 0.25) is 0 Å². The van der Waals surface area contributed by atoms with Gasteiger partial charge in [0.05, 0.1) is 53.4 Å². The lowest BCUT2D eigenvalue weighted by Gasteiger charge is -2.29. The van der Waals surface area contributed by atoms with Crippen LogP contribution in [0.4, 0.5) is 0 Å². The monoisotopic (exact) mass is 535 g/mol. The molecule has 3 heterocycles. The number of para-hydroxylation sites is 2. The number of dihydropyridines is 1. The number of carbonyl (C=O) groups excluding carboxylic acids is 2. The number of allylic oxidation sites excluding steroid dienone is 2. The Labute approximate surface area is 231 Å². The lowest BCUT2D eigenvalue weighted by molar-refractivity contribution is -0.138. The number of imidazole rings is 1. The van der Waals surface area contributed by atoms with Gasteiger partial charge in [-0.25, -0.2) is 19.6 Å². The molecule has 0 spiro atoms. The van der Waals surface area contributed by atoms with Crippen LogP contribution in [0.1, 0.15) is 36.6 Å². The van der Waals surface area contributed by atoms with Crippen LogP contribution < -0.4 is 5.32 Å². The van der Waals surface area contributed by atoms with Crippen molar-refractivity contribution in [1.82, 2.24) is 24.8 Å². The summed E-state index contributed by atoms with van der Waals surface area (Å²) in [5, 5.41) is 3.14. The average molecular weight is 536 g/mol. The zero-order valence-corrected chi connectivity index (χ0v) is 22.5. The van der Waals surface area contributed by atoms with Gasteiger partial charge in [0.15, 0.2) is 0 Å². The van der Waals surface area contributed by atoms with Gasteiger partial charge in [-0.2, -0.15) is 0 Å². The van der Waals surface area contributed by atoms with Crippen molar-refractivity contribution in [2.24, 2.45) is 0 Å². The molecule has 2 aromatic heterocycles. The fourth-order valence-electron chi connectivity index (χ4n) is 4.76. The zero-order valence-electron chi connectivity index (χ0n) is 22.5. The van der Waals surface area contributed by atoms with Crippen LogP contribution in [0, 0.1) is 0 Å². The Balaban J connectivity index is 1.34. The summed E-state index contributed by atoms with van der Waals surface area (Å²) in [5.74, 6) is -1.91. The standard InChI is InChI=1S/C31H29N5O4/c1-20-27(30(37)39-3)29(26-17-33-24-8-4-5-9-25(24)35-26)28(21(2)34-20)31(38)40-16-6-7-22-10-12-23(13-11-22)18-36-15-14-32-19-36/h4-15,17,19,29,34H,16,18H2,1-3H3. The normalized spacial score (nSPS) is 15.4. The Morgan fingerprint density at radius 1 is 1.00 bits per heavy atom. The topological polar surface area (TPSA) is 108 Å². The smallest absolute Gasteiger partial charge is 0.337 e. The number of hydrogen-bond acceptors (Lipinski definition) is 8. The number of fused-ring (bicyclic) bond motifs is 1. The van der Waals surface area contributed by atoms with Crippen LogP contribution in [-0.4, -0.2) is 45.2 Å². The van der Waals surface area contributed by atoms with Gasteiger partial charge < -0.3 is 19.4 Å². The molecule has 202 valence electrons. The summed E-state index contributed by atoms with van der Waals surface area (Å²) in [7, 11) is 1.31. The largest absolute Gasteiger partial charge is 0.466 e. The molecule has 0 radical (unpaired) electrons. The minimum absolute atomic E-state index is 0.0543. The lowest BCUT2D eigenvalue weighted by atomic mass is 9.83. The molecule has 0 bridgehead atoms. The van der Waals surface area contributed by atoms with Gasteiger partial charge in [-0.1, -0.05) is 42.5 Å². The van der Waals surface area contributed by atoms with E-state index in [0.717, 1.165) is 17.7 Å². The van der Waals surface area contributed by atoms with Gasteiger partial charge in [0.25, 0.3) is 0 Å². The molecule has 9 nitrogen and oxygen atoms in total. The molecule has 1 aliphatic rings. The van der Waals surface area contributed by atoms with E-state index in [2.05, 4.69) is 15.3 Å². The molecule has 0 saturated carbocycles. The van der Waals surface area contributed by atoms with Crippen LogP contribution in [0.5, 0.6) is 0 Å². The van der Waals surface area contributed by atoms with E-state index < -0.39 is 17.9 Å². The van der Waals surface area contributed by atoms with Gasteiger partial charge in [0, 0.05) is 30.3 Å². The number of hydrogen-bond donors (Lipinski definition) is 1. The highest BCUT2D eigenvalue weighted by molar-refractivity contribution is 5.99. The Morgan fingerprint density at radius 3 is 2.42 bits per heavy atom. The van der Waals surface area contributed by atoms with E-state index >= 15 is 0 Å². The maximum atomic E-state index is 13.4. The second-order valence-corrected chi connectivity index (χ2v) is 9.39. The number of nitrogens with one attached hydrogen (secondary N) is 1. The number of benzene rings is 2. The van der Waals surface area contributed by atoms with Crippen molar-refractivity contribution < 1.29 is 19.1 Å². The van der Waals surface area contributed by atoms with Crippen LogP contribution in [0.25, 0.3) is 17.1 Å². The molecule has 1 unspecified atom stereocenters. The summed E-state index contributed by atoms with van der Waals surface area (Å²) in [6, 6.07) is 15.5. The van der Waals surface area contributed by atoms with Crippen molar-refractivity contribution >= 4 is 29.0 Å². The van der Waals surface area contributed by atoms with Crippen molar-refractivity contribution in [2.75, 3.05) is 13.7 Å². The molecule has 1 atom stereocenters. The van der Waals surface area contributed by atoms with E-state index in [4.69, 9.17) is 14.5 Å². The predicted octanol–water partition coefficient (Wildman–Crippen LogP) is 4.54. The second kappa shape index (κ2) is 11.8. The number of rotatable bonds is 8. The van der Waals surface area contributed by atoms with Crippen molar-refractivity contribution in [1.29, 1.82) is 0 Å². The van der Waals surface area contributed by atoms with Gasteiger partial charge in [0.1, 0.15) is 6.61 Å². The molecule has 40 heavy (non-hydrogen) atoms. The van der Waals surface area contributed by atoms with Crippen LogP contribution >= 0.6 is 0 Å². The second-order valence-electron chi connectivity index (χ2n) is 9.39. The number of nitrogens with zero attached hydrogens (tertiary/aromatic N) is 4. The lowest BCUT2D eigenvalue weighted by Crippen LogP contribution is -2.32. The Kier molecular flexibility index (Phi) is 7.82. The van der Waals surface area contributed by atoms with E-state index in [0.29, 0.717) is 28.1 Å². The van der Waals surface area contributed by atoms with Crippen molar-refractivity contribution in [3.05, 3.63) is 119 Å². The summed E-state index contributed by atoms with van der Waals surface area (Å²) >= 11 is 0. The van der Waals surface area contributed by atoms with Gasteiger partial charge in [-0.05, 0) is 43.2 Å². The van der Waals surface area contributed by atoms with Crippen LogP contribution in [0.3, 0.4) is 0 Å². The maximum Gasteiger partial charge on any atom is 0.337 e. The number of esters is 2. The summed E-state index contributed by atoms with van der Waals surface area (Å²) in [6.45, 7) is 4.34. The first-order valence-electron chi connectivity index (χ1n) is 12.8. The minimum atomic E-state index is -0.801. The Bertz CT molecular complexity index is 1640. The summed E-state index contributed by atoms with van der Waals surface area (Å²) in [4.78, 5) is 39.6. The molecule has 2 aromatic carbocycles. The van der Waals surface area contributed by atoms with Crippen LogP contribution in [0.15, 0.2) is 102 Å². The summed E-state index contributed by atoms with van der Waals surface area (Å²) in [5.41, 5.74) is 5.69. The maximum absolute atomic E-state index is 13.4. The van der Waals surface area contributed by atoms with Gasteiger partial charge in [-0.15, -0.1) is 0 Å². The van der Waals surface area contributed by atoms with E-state index in [1.165, 1.54) is 7.11 Å². The van der Waals surface area contributed by atoms with Crippen LogP contribution in [-0.2, 0) is 25.6 Å². The first kappa shape index (κ1) is 26.6. The molecule has 0 saturated heterocycles. The van der Waals surface area contributed by atoms with Gasteiger partial charge >= 0.3 is 11.9 Å². The fraction of sp³-hybridized carbons (Fsp3) is 0.194. The number of carbonyl (C=O) groups is 2. The number of methoxy groups -OCH3 is 1. The minimum Gasteiger partial charge on any atom is -0.466 e. The molecular formula is C31H29N5O4. The first-order chi connectivity index (χ1) is 19.4. The fourth-order valence-corrected chi connectivity index (χ4v) is 4.76. The molecule has 9 heteroatoms. The highest BCUT2D eigenvalue weighted by Gasteiger charge is 2.39. The van der Waals surface area contributed by atoms with Crippen molar-refractivity contribution in [3.63, 3.8) is 0 Å². The quantitative estimate of drug-likeness (QED) is 0.328. The summed E-state index contributed by atoms with van der Waals surface area (Å²) < 4.78 is 12.7. The molecule has 0 amide bonds.